The van der Waals surface area contributed by atoms with Crippen LogP contribution < -0.4 is 19.5 Å². The minimum atomic E-state index is -4.55. The SMILES string of the molecule is COc1ccc(CN2C(=O)COc3c(C)ccc(F)c3C2C(=O)Nc2ccc(C(F)(F)F)cc2)c(OC)c1. The molecule has 38 heavy (non-hydrogen) atoms. The summed E-state index contributed by atoms with van der Waals surface area (Å²) in [6, 6.07) is 9.81. The number of rotatable bonds is 6. The van der Waals surface area contributed by atoms with Crippen molar-refractivity contribution in [2.75, 3.05) is 26.1 Å². The number of aryl methyl sites for hydroxylation is 1. The van der Waals surface area contributed by atoms with Crippen molar-refractivity contribution in [1.82, 2.24) is 4.90 Å². The fourth-order valence-electron chi connectivity index (χ4n) is 4.22. The van der Waals surface area contributed by atoms with Gasteiger partial charge in [0, 0.05) is 17.3 Å². The fraction of sp³-hybridized carbons (Fsp3) is 0.259. The molecule has 0 saturated carbocycles. The zero-order valence-corrected chi connectivity index (χ0v) is 20.7. The van der Waals surface area contributed by atoms with E-state index in [0.717, 1.165) is 35.2 Å². The molecule has 1 unspecified atom stereocenters. The number of nitrogens with one attached hydrogen (secondary N) is 1. The summed E-state index contributed by atoms with van der Waals surface area (Å²) >= 11 is 0. The molecule has 0 spiro atoms. The van der Waals surface area contributed by atoms with Gasteiger partial charge < -0.3 is 24.4 Å². The van der Waals surface area contributed by atoms with Crippen LogP contribution in [0.15, 0.2) is 54.6 Å². The van der Waals surface area contributed by atoms with Crippen LogP contribution >= 0.6 is 0 Å². The first-order valence-electron chi connectivity index (χ1n) is 11.4. The number of amides is 2. The molecule has 11 heteroatoms. The summed E-state index contributed by atoms with van der Waals surface area (Å²) in [7, 11) is 2.91. The van der Waals surface area contributed by atoms with Gasteiger partial charge in [0.2, 0.25) is 0 Å². The molecule has 0 bridgehead atoms. The number of ether oxygens (including phenoxy) is 3. The van der Waals surface area contributed by atoms with Crippen LogP contribution in [0.5, 0.6) is 17.2 Å². The minimum Gasteiger partial charge on any atom is -0.497 e. The van der Waals surface area contributed by atoms with Gasteiger partial charge >= 0.3 is 6.18 Å². The van der Waals surface area contributed by atoms with Gasteiger partial charge in [-0.1, -0.05) is 6.07 Å². The molecular weight excluding hydrogens is 508 g/mol. The van der Waals surface area contributed by atoms with Crippen LogP contribution in [-0.2, 0) is 22.3 Å². The van der Waals surface area contributed by atoms with Gasteiger partial charge in [0.05, 0.1) is 31.9 Å². The van der Waals surface area contributed by atoms with E-state index in [-0.39, 0.29) is 23.5 Å². The van der Waals surface area contributed by atoms with Gasteiger partial charge in [0.15, 0.2) is 6.61 Å². The van der Waals surface area contributed by atoms with Gasteiger partial charge in [-0.15, -0.1) is 0 Å². The number of anilines is 1. The van der Waals surface area contributed by atoms with E-state index in [2.05, 4.69) is 5.32 Å². The first-order chi connectivity index (χ1) is 18.0. The average molecular weight is 532 g/mol. The summed E-state index contributed by atoms with van der Waals surface area (Å²) in [6.07, 6.45) is -4.55. The van der Waals surface area contributed by atoms with E-state index < -0.39 is 42.0 Å². The summed E-state index contributed by atoms with van der Waals surface area (Å²) < 4.78 is 70.5. The number of hydrogen-bond donors (Lipinski definition) is 1. The highest BCUT2D eigenvalue weighted by molar-refractivity contribution is 5.99. The molecule has 200 valence electrons. The van der Waals surface area contributed by atoms with Crippen molar-refractivity contribution in [3.63, 3.8) is 0 Å². The van der Waals surface area contributed by atoms with Crippen LogP contribution in [0.4, 0.5) is 23.2 Å². The van der Waals surface area contributed by atoms with Gasteiger partial charge in [-0.25, -0.2) is 4.39 Å². The Morgan fingerprint density at radius 3 is 2.42 bits per heavy atom. The second-order valence-corrected chi connectivity index (χ2v) is 8.56. The number of methoxy groups -OCH3 is 2. The molecule has 3 aromatic rings. The van der Waals surface area contributed by atoms with E-state index in [1.165, 1.54) is 20.3 Å². The molecule has 0 radical (unpaired) electrons. The van der Waals surface area contributed by atoms with Gasteiger partial charge in [-0.3, -0.25) is 9.59 Å². The normalized spacial score (nSPS) is 15.3. The first kappa shape index (κ1) is 26.8. The fourth-order valence-corrected chi connectivity index (χ4v) is 4.22. The maximum Gasteiger partial charge on any atom is 0.416 e. The second-order valence-electron chi connectivity index (χ2n) is 8.56. The Morgan fingerprint density at radius 2 is 1.79 bits per heavy atom. The van der Waals surface area contributed by atoms with Crippen LogP contribution in [-0.4, -0.2) is 37.5 Å². The largest absolute Gasteiger partial charge is 0.497 e. The molecule has 1 heterocycles. The van der Waals surface area contributed by atoms with E-state index in [1.807, 2.05) is 0 Å². The van der Waals surface area contributed by atoms with Crippen molar-refractivity contribution >= 4 is 17.5 Å². The molecule has 1 atom stereocenters. The maximum atomic E-state index is 15.3. The number of hydrogen-bond acceptors (Lipinski definition) is 5. The third-order valence-electron chi connectivity index (χ3n) is 6.15. The number of carbonyl (C=O) groups excluding carboxylic acids is 2. The lowest BCUT2D eigenvalue weighted by Gasteiger charge is -2.30. The van der Waals surface area contributed by atoms with Crippen molar-refractivity contribution in [2.45, 2.75) is 25.7 Å². The Kier molecular flexibility index (Phi) is 7.47. The van der Waals surface area contributed by atoms with Gasteiger partial charge in [0.25, 0.3) is 11.8 Å². The highest BCUT2D eigenvalue weighted by atomic mass is 19.4. The van der Waals surface area contributed by atoms with E-state index in [4.69, 9.17) is 14.2 Å². The van der Waals surface area contributed by atoms with Crippen LogP contribution in [0.25, 0.3) is 0 Å². The van der Waals surface area contributed by atoms with Crippen LogP contribution in [0.2, 0.25) is 0 Å². The molecule has 1 aliphatic heterocycles. The Morgan fingerprint density at radius 1 is 1.08 bits per heavy atom. The molecule has 0 aliphatic carbocycles. The third-order valence-corrected chi connectivity index (χ3v) is 6.15. The highest BCUT2D eigenvalue weighted by Crippen LogP contribution is 2.39. The Hall–Kier alpha value is -4.28. The Balaban J connectivity index is 1.77. The van der Waals surface area contributed by atoms with E-state index >= 15 is 4.39 Å². The smallest absolute Gasteiger partial charge is 0.416 e. The second kappa shape index (κ2) is 10.6. The maximum absolute atomic E-state index is 15.3. The van der Waals surface area contributed by atoms with Crippen molar-refractivity contribution < 1.29 is 41.4 Å². The summed E-state index contributed by atoms with van der Waals surface area (Å²) in [6.45, 7) is 1.03. The third kappa shape index (κ3) is 5.36. The summed E-state index contributed by atoms with van der Waals surface area (Å²) in [5.74, 6) is -1.30. The monoisotopic (exact) mass is 532 g/mol. The Labute approximate surface area is 215 Å². The summed E-state index contributed by atoms with van der Waals surface area (Å²) in [5.41, 5.74) is -0.00497. The topological polar surface area (TPSA) is 77.1 Å². The number of alkyl halides is 3. The standard InChI is InChI=1S/C27H24F4N2O5/c1-15-4-11-20(28)23-24(26(35)32-18-8-6-17(7-9-18)27(29,30)31)33(22(34)14-38-25(15)23)13-16-5-10-19(36-2)12-21(16)37-3/h4-12,24H,13-14H2,1-3H3,(H,32,35). The minimum absolute atomic E-state index is 0.0391. The van der Waals surface area contributed by atoms with Crippen molar-refractivity contribution in [2.24, 2.45) is 0 Å². The molecule has 1 aliphatic rings. The highest BCUT2D eigenvalue weighted by Gasteiger charge is 2.39. The number of carbonyl (C=O) groups is 2. The number of nitrogens with zero attached hydrogens (tertiary/aromatic N) is 1. The van der Waals surface area contributed by atoms with E-state index in [0.29, 0.717) is 22.6 Å². The lowest BCUT2D eigenvalue weighted by atomic mass is 9.98. The molecule has 4 rings (SSSR count). The van der Waals surface area contributed by atoms with Crippen LogP contribution in [0.3, 0.4) is 0 Å². The van der Waals surface area contributed by atoms with E-state index in [1.54, 1.807) is 25.1 Å². The van der Waals surface area contributed by atoms with Crippen LogP contribution in [0.1, 0.15) is 28.3 Å². The molecule has 7 nitrogen and oxygen atoms in total. The molecule has 0 saturated heterocycles. The van der Waals surface area contributed by atoms with Gasteiger partial charge in [0.1, 0.15) is 29.1 Å². The molecule has 2 amide bonds. The van der Waals surface area contributed by atoms with Gasteiger partial charge in [-0.05, 0) is 55.0 Å². The van der Waals surface area contributed by atoms with E-state index in [9.17, 15) is 22.8 Å². The van der Waals surface area contributed by atoms with Crippen molar-refractivity contribution in [1.29, 1.82) is 0 Å². The molecule has 3 aromatic carbocycles. The Bertz CT molecular complexity index is 1360. The number of halogens is 4. The van der Waals surface area contributed by atoms with Crippen molar-refractivity contribution in [3.8, 4) is 17.2 Å². The van der Waals surface area contributed by atoms with Gasteiger partial charge in [-0.2, -0.15) is 13.2 Å². The zero-order chi connectivity index (χ0) is 27.6. The number of benzene rings is 3. The summed E-state index contributed by atoms with van der Waals surface area (Å²) in [5, 5.41) is 2.52. The number of fused-ring (bicyclic) bond motifs is 1. The quantitative estimate of drug-likeness (QED) is 0.438. The summed E-state index contributed by atoms with van der Waals surface area (Å²) in [4.78, 5) is 28.0. The predicted molar refractivity (Wildman–Crippen MR) is 130 cm³/mol. The molecule has 0 aromatic heterocycles. The average Bonchev–Trinajstić information content (AvgIpc) is 3.03. The lowest BCUT2D eigenvalue weighted by molar-refractivity contribution is -0.140. The molecule has 0 fully saturated rings. The first-order valence-corrected chi connectivity index (χ1v) is 11.4. The predicted octanol–water partition coefficient (Wildman–Crippen LogP) is 5.27. The molecule has 1 N–H and O–H groups in total. The van der Waals surface area contributed by atoms with Crippen LogP contribution in [0, 0.1) is 12.7 Å². The lowest BCUT2D eigenvalue weighted by Crippen LogP contribution is -2.41. The molecular formula is C27H24F4N2O5. The zero-order valence-electron chi connectivity index (χ0n) is 20.7. The van der Waals surface area contributed by atoms with Crippen molar-refractivity contribution in [3.05, 3.63) is 82.7 Å².